The minimum atomic E-state index is 0.222. The largest absolute Gasteiger partial charge is 0.326 e. The molecule has 84 valence electrons. The van der Waals surface area contributed by atoms with Crippen LogP contribution in [0.5, 0.6) is 0 Å². The lowest BCUT2D eigenvalue weighted by molar-refractivity contribution is 0.256. The van der Waals surface area contributed by atoms with Crippen molar-refractivity contribution in [3.8, 4) is 0 Å². The van der Waals surface area contributed by atoms with Crippen molar-refractivity contribution in [3.63, 3.8) is 0 Å². The number of hydrogen-bond donors (Lipinski definition) is 1. The molecule has 1 rings (SSSR count). The van der Waals surface area contributed by atoms with Gasteiger partial charge in [-0.2, -0.15) is 0 Å². The molecule has 0 radical (unpaired) electrons. The van der Waals surface area contributed by atoms with Gasteiger partial charge in [0, 0.05) is 18.6 Å². The zero-order valence-electron chi connectivity index (χ0n) is 9.98. The van der Waals surface area contributed by atoms with Crippen molar-refractivity contribution in [3.05, 3.63) is 35.9 Å². The fraction of sp³-hybridized carbons (Fsp3) is 0.538. The average molecular weight is 206 g/mol. The second-order valence-electron chi connectivity index (χ2n) is 4.48. The Morgan fingerprint density at radius 2 is 1.80 bits per heavy atom. The van der Waals surface area contributed by atoms with E-state index in [4.69, 9.17) is 5.73 Å². The number of benzene rings is 1. The van der Waals surface area contributed by atoms with E-state index in [1.54, 1.807) is 0 Å². The lowest BCUT2D eigenvalue weighted by atomic mass is 10.1. The lowest BCUT2D eigenvalue weighted by Crippen LogP contribution is -2.39. The number of hydrogen-bond acceptors (Lipinski definition) is 2. The molecule has 0 amide bonds. The van der Waals surface area contributed by atoms with Gasteiger partial charge in [0.1, 0.15) is 0 Å². The SMILES string of the molecule is CC(C)N(C)C[C@H](N)Cc1ccccc1. The molecule has 0 saturated heterocycles. The van der Waals surface area contributed by atoms with Gasteiger partial charge in [0.2, 0.25) is 0 Å². The molecule has 1 aromatic rings. The zero-order valence-corrected chi connectivity index (χ0v) is 9.98. The van der Waals surface area contributed by atoms with Crippen LogP contribution in [0.1, 0.15) is 19.4 Å². The van der Waals surface area contributed by atoms with E-state index in [0.29, 0.717) is 6.04 Å². The molecule has 0 aromatic heterocycles. The van der Waals surface area contributed by atoms with Crippen molar-refractivity contribution in [2.75, 3.05) is 13.6 Å². The standard InChI is InChI=1S/C13H22N2/c1-11(2)15(3)10-13(14)9-12-7-5-4-6-8-12/h4-8,11,13H,9-10,14H2,1-3H3/t13-/m1/s1. The van der Waals surface area contributed by atoms with E-state index in [-0.39, 0.29) is 6.04 Å². The first-order valence-electron chi connectivity index (χ1n) is 5.59. The van der Waals surface area contributed by atoms with Crippen molar-refractivity contribution >= 4 is 0 Å². The van der Waals surface area contributed by atoms with Crippen LogP contribution in [0.4, 0.5) is 0 Å². The highest BCUT2D eigenvalue weighted by Crippen LogP contribution is 2.03. The van der Waals surface area contributed by atoms with E-state index < -0.39 is 0 Å². The molecule has 2 nitrogen and oxygen atoms in total. The Bertz CT molecular complexity index is 269. The van der Waals surface area contributed by atoms with E-state index in [1.807, 2.05) is 6.07 Å². The van der Waals surface area contributed by atoms with E-state index in [0.717, 1.165) is 13.0 Å². The number of nitrogens with two attached hydrogens (primary N) is 1. The van der Waals surface area contributed by atoms with Crippen LogP contribution < -0.4 is 5.73 Å². The first-order valence-corrected chi connectivity index (χ1v) is 5.59. The Balaban J connectivity index is 2.39. The third kappa shape index (κ3) is 4.45. The minimum absolute atomic E-state index is 0.222. The molecule has 2 heteroatoms. The lowest BCUT2D eigenvalue weighted by Gasteiger charge is -2.24. The summed E-state index contributed by atoms with van der Waals surface area (Å²) in [4.78, 5) is 2.29. The average Bonchev–Trinajstić information content (AvgIpc) is 2.18. The monoisotopic (exact) mass is 206 g/mol. The van der Waals surface area contributed by atoms with Crippen LogP contribution in [-0.4, -0.2) is 30.6 Å². The van der Waals surface area contributed by atoms with Crippen LogP contribution in [0.2, 0.25) is 0 Å². The molecule has 0 fully saturated rings. The van der Waals surface area contributed by atoms with E-state index in [1.165, 1.54) is 5.56 Å². The maximum absolute atomic E-state index is 6.10. The summed E-state index contributed by atoms with van der Waals surface area (Å²) in [5.41, 5.74) is 7.42. The van der Waals surface area contributed by atoms with Gasteiger partial charge in [0.05, 0.1) is 0 Å². The van der Waals surface area contributed by atoms with Gasteiger partial charge >= 0.3 is 0 Å². The molecule has 2 N–H and O–H groups in total. The van der Waals surface area contributed by atoms with Gasteiger partial charge in [0.25, 0.3) is 0 Å². The Labute approximate surface area is 93.1 Å². The number of likely N-dealkylation sites (N-methyl/N-ethyl adjacent to an activating group) is 1. The summed E-state index contributed by atoms with van der Waals surface area (Å²) >= 11 is 0. The highest BCUT2D eigenvalue weighted by atomic mass is 15.1. The second-order valence-corrected chi connectivity index (χ2v) is 4.48. The summed E-state index contributed by atoms with van der Waals surface area (Å²) in [6.07, 6.45) is 0.956. The molecular formula is C13H22N2. The normalized spacial score (nSPS) is 13.5. The quantitative estimate of drug-likeness (QED) is 0.797. The summed E-state index contributed by atoms with van der Waals surface area (Å²) in [6.45, 7) is 5.33. The molecule has 0 saturated carbocycles. The van der Waals surface area contributed by atoms with Crippen molar-refractivity contribution in [2.45, 2.75) is 32.4 Å². The van der Waals surface area contributed by atoms with Crippen molar-refractivity contribution in [1.82, 2.24) is 4.90 Å². The first-order chi connectivity index (χ1) is 7.09. The summed E-state index contributed by atoms with van der Waals surface area (Å²) in [5.74, 6) is 0. The molecule has 1 aromatic carbocycles. The van der Waals surface area contributed by atoms with Crippen LogP contribution in [0.3, 0.4) is 0 Å². The zero-order chi connectivity index (χ0) is 11.3. The van der Waals surface area contributed by atoms with Crippen LogP contribution in [0.15, 0.2) is 30.3 Å². The van der Waals surface area contributed by atoms with Crippen LogP contribution in [0, 0.1) is 0 Å². The second kappa shape index (κ2) is 5.89. The summed E-state index contributed by atoms with van der Waals surface area (Å²) in [5, 5.41) is 0. The van der Waals surface area contributed by atoms with E-state index in [9.17, 15) is 0 Å². The molecule has 0 unspecified atom stereocenters. The molecule has 0 heterocycles. The third-order valence-electron chi connectivity index (χ3n) is 2.74. The molecule has 0 aliphatic heterocycles. The topological polar surface area (TPSA) is 29.3 Å². The van der Waals surface area contributed by atoms with E-state index >= 15 is 0 Å². The Hall–Kier alpha value is -0.860. The highest BCUT2D eigenvalue weighted by Gasteiger charge is 2.09. The summed E-state index contributed by atoms with van der Waals surface area (Å²) in [6, 6.07) is 11.2. The van der Waals surface area contributed by atoms with Crippen molar-refractivity contribution < 1.29 is 0 Å². The summed E-state index contributed by atoms with van der Waals surface area (Å²) in [7, 11) is 2.12. The third-order valence-corrected chi connectivity index (χ3v) is 2.74. The van der Waals surface area contributed by atoms with Crippen LogP contribution in [-0.2, 0) is 6.42 Å². The molecule has 15 heavy (non-hydrogen) atoms. The van der Waals surface area contributed by atoms with Gasteiger partial charge in [-0.15, -0.1) is 0 Å². The molecule has 1 atom stereocenters. The van der Waals surface area contributed by atoms with Gasteiger partial charge < -0.3 is 10.6 Å². The smallest absolute Gasteiger partial charge is 0.0208 e. The Morgan fingerprint density at radius 1 is 1.20 bits per heavy atom. The Kier molecular flexibility index (Phi) is 4.79. The number of rotatable bonds is 5. The number of nitrogens with zero attached hydrogens (tertiary/aromatic N) is 1. The predicted octanol–water partition coefficient (Wildman–Crippen LogP) is 1.90. The molecule has 0 bridgehead atoms. The fourth-order valence-electron chi connectivity index (χ4n) is 1.56. The van der Waals surface area contributed by atoms with Gasteiger partial charge in [0.15, 0.2) is 0 Å². The van der Waals surface area contributed by atoms with Crippen molar-refractivity contribution in [2.24, 2.45) is 5.73 Å². The van der Waals surface area contributed by atoms with Gasteiger partial charge in [-0.1, -0.05) is 30.3 Å². The first kappa shape index (κ1) is 12.2. The molecule has 0 spiro atoms. The fourth-order valence-corrected chi connectivity index (χ4v) is 1.56. The van der Waals surface area contributed by atoms with Gasteiger partial charge in [-0.25, -0.2) is 0 Å². The Morgan fingerprint density at radius 3 is 2.33 bits per heavy atom. The van der Waals surface area contributed by atoms with Crippen LogP contribution >= 0.6 is 0 Å². The van der Waals surface area contributed by atoms with Crippen molar-refractivity contribution in [1.29, 1.82) is 0 Å². The highest BCUT2D eigenvalue weighted by molar-refractivity contribution is 5.15. The maximum Gasteiger partial charge on any atom is 0.0208 e. The van der Waals surface area contributed by atoms with Crippen LogP contribution in [0.25, 0.3) is 0 Å². The predicted molar refractivity (Wildman–Crippen MR) is 65.9 cm³/mol. The summed E-state index contributed by atoms with van der Waals surface area (Å²) < 4.78 is 0. The van der Waals surface area contributed by atoms with Gasteiger partial charge in [-0.3, -0.25) is 0 Å². The molecular weight excluding hydrogens is 184 g/mol. The van der Waals surface area contributed by atoms with Gasteiger partial charge in [-0.05, 0) is 32.9 Å². The maximum atomic E-state index is 6.10. The molecule has 0 aliphatic rings. The minimum Gasteiger partial charge on any atom is -0.326 e. The van der Waals surface area contributed by atoms with E-state index in [2.05, 4.69) is 50.1 Å². The molecule has 0 aliphatic carbocycles.